The fourth-order valence-electron chi connectivity index (χ4n) is 2.77. The van der Waals surface area contributed by atoms with Crippen molar-refractivity contribution in [2.75, 3.05) is 5.32 Å². The lowest BCUT2D eigenvalue weighted by atomic mass is 10.1. The second-order valence-corrected chi connectivity index (χ2v) is 9.71. The molecule has 0 aliphatic heterocycles. The van der Waals surface area contributed by atoms with Crippen molar-refractivity contribution in [3.63, 3.8) is 0 Å². The third-order valence-electron chi connectivity index (χ3n) is 4.22. The number of nitrogens with two attached hydrogens (primary N) is 1. The molecule has 7 nitrogen and oxygen atoms in total. The molecule has 3 rings (SSSR count). The van der Waals surface area contributed by atoms with E-state index < -0.39 is 10.0 Å². The summed E-state index contributed by atoms with van der Waals surface area (Å²) in [6.07, 6.45) is 0.0589. The highest BCUT2D eigenvalue weighted by molar-refractivity contribution is 7.99. The van der Waals surface area contributed by atoms with E-state index in [9.17, 15) is 13.2 Å². The first-order valence-corrected chi connectivity index (χ1v) is 11.8. The van der Waals surface area contributed by atoms with E-state index in [1.54, 1.807) is 30.3 Å². The topological polar surface area (TPSA) is 137 Å². The number of amides is 1. The molecule has 0 saturated heterocycles. The van der Waals surface area contributed by atoms with Crippen molar-refractivity contribution in [2.45, 2.75) is 21.1 Å². The Morgan fingerprint density at radius 3 is 2.19 bits per heavy atom. The van der Waals surface area contributed by atoms with Gasteiger partial charge in [0.15, 0.2) is 0 Å². The number of rotatable bonds is 6. The van der Waals surface area contributed by atoms with Crippen LogP contribution < -0.4 is 10.5 Å². The zero-order valence-electron chi connectivity index (χ0n) is 16.4. The lowest BCUT2D eigenvalue weighted by molar-refractivity contribution is -0.115. The van der Waals surface area contributed by atoms with E-state index >= 15 is 0 Å². The summed E-state index contributed by atoms with van der Waals surface area (Å²) in [7, 11) is -3.80. The van der Waals surface area contributed by atoms with Crippen molar-refractivity contribution < 1.29 is 13.2 Å². The normalized spacial score (nSPS) is 10.8. The summed E-state index contributed by atoms with van der Waals surface area (Å²) in [6, 6.07) is 19.6. The number of hydrogen-bond donors (Lipinski definition) is 2. The molecule has 0 atom stereocenters. The first-order chi connectivity index (χ1) is 15.2. The zero-order chi connectivity index (χ0) is 23.3. The minimum Gasteiger partial charge on any atom is -0.326 e. The van der Waals surface area contributed by atoms with Gasteiger partial charge in [0.05, 0.1) is 39.6 Å². The number of nitriles is 2. The van der Waals surface area contributed by atoms with Crippen LogP contribution in [-0.4, -0.2) is 14.3 Å². The van der Waals surface area contributed by atoms with Crippen molar-refractivity contribution in [1.82, 2.24) is 0 Å². The van der Waals surface area contributed by atoms with Crippen LogP contribution in [0.1, 0.15) is 16.7 Å². The fourth-order valence-corrected chi connectivity index (χ4v) is 4.52. The lowest BCUT2D eigenvalue weighted by Crippen LogP contribution is -2.15. The number of primary sulfonamides is 1. The molecule has 0 bridgehead atoms. The van der Waals surface area contributed by atoms with Gasteiger partial charge in [0.2, 0.25) is 15.9 Å². The maximum atomic E-state index is 12.4. The molecule has 0 aromatic heterocycles. The summed E-state index contributed by atoms with van der Waals surface area (Å²) in [5.41, 5.74) is 1.87. The monoisotopic (exact) mass is 482 g/mol. The van der Waals surface area contributed by atoms with Crippen molar-refractivity contribution in [2.24, 2.45) is 5.14 Å². The fraction of sp³-hybridized carbons (Fsp3) is 0.0455. The van der Waals surface area contributed by atoms with Crippen LogP contribution in [0.15, 0.2) is 75.4 Å². The quantitative estimate of drug-likeness (QED) is 0.543. The van der Waals surface area contributed by atoms with Gasteiger partial charge in [-0.3, -0.25) is 4.79 Å². The number of nitrogens with one attached hydrogen (secondary N) is 1. The summed E-state index contributed by atoms with van der Waals surface area (Å²) in [5.74, 6) is -0.301. The average molecular weight is 483 g/mol. The summed E-state index contributed by atoms with van der Waals surface area (Å²) < 4.78 is 22.6. The average Bonchev–Trinajstić information content (AvgIpc) is 2.75. The summed E-state index contributed by atoms with van der Waals surface area (Å²) in [5, 5.41) is 26.5. The predicted octanol–water partition coefficient (Wildman–Crippen LogP) is 4.06. The first-order valence-electron chi connectivity index (χ1n) is 9.02. The Kier molecular flexibility index (Phi) is 7.18. The largest absolute Gasteiger partial charge is 0.326 e. The third kappa shape index (κ3) is 6.10. The second-order valence-electron chi connectivity index (χ2n) is 6.63. The number of hydrogen-bond acceptors (Lipinski definition) is 6. The molecule has 1 amide bonds. The minimum atomic E-state index is -3.80. The van der Waals surface area contributed by atoms with E-state index in [-0.39, 0.29) is 17.2 Å². The van der Waals surface area contributed by atoms with Gasteiger partial charge >= 0.3 is 0 Å². The molecule has 0 aliphatic rings. The molecule has 0 unspecified atom stereocenters. The van der Waals surface area contributed by atoms with E-state index in [1.165, 1.54) is 42.1 Å². The molecule has 0 aliphatic carbocycles. The van der Waals surface area contributed by atoms with Crippen LogP contribution in [0.25, 0.3) is 0 Å². The SMILES string of the molecule is N#Cc1cc(C#N)cc(Sc2cc(CC(=O)Nc3ccc(S(N)(=O)=O)cc3)ccc2Cl)c1. The molecular weight excluding hydrogens is 468 g/mol. The number of carbonyl (C=O) groups is 1. The number of benzene rings is 3. The van der Waals surface area contributed by atoms with Gasteiger partial charge in [-0.25, -0.2) is 13.6 Å². The van der Waals surface area contributed by atoms with Gasteiger partial charge in [0, 0.05) is 15.5 Å². The standard InChI is InChI=1S/C22H15ClN4O3S2/c23-20-6-1-14(10-21(20)31-18-8-15(12-24)7-16(9-18)13-25)11-22(28)27-17-2-4-19(5-3-17)32(26,29)30/h1-10H,11H2,(H,27,28)(H2,26,29,30). The molecule has 32 heavy (non-hydrogen) atoms. The van der Waals surface area contributed by atoms with Crippen molar-refractivity contribution in [3.05, 3.63) is 82.4 Å². The highest BCUT2D eigenvalue weighted by Crippen LogP contribution is 2.35. The van der Waals surface area contributed by atoms with Crippen LogP contribution in [0, 0.1) is 22.7 Å². The van der Waals surface area contributed by atoms with Crippen LogP contribution in [-0.2, 0) is 21.2 Å². The number of halogens is 1. The number of anilines is 1. The molecule has 3 aromatic rings. The van der Waals surface area contributed by atoms with Crippen molar-refractivity contribution in [3.8, 4) is 12.1 Å². The zero-order valence-corrected chi connectivity index (χ0v) is 18.8. The minimum absolute atomic E-state index is 0.0464. The third-order valence-corrected chi connectivity index (χ3v) is 6.62. The highest BCUT2D eigenvalue weighted by atomic mass is 35.5. The predicted molar refractivity (Wildman–Crippen MR) is 122 cm³/mol. The van der Waals surface area contributed by atoms with Gasteiger partial charge in [-0.15, -0.1) is 0 Å². The summed E-state index contributed by atoms with van der Waals surface area (Å²) in [4.78, 5) is 13.7. The van der Waals surface area contributed by atoms with Gasteiger partial charge in [0.1, 0.15) is 0 Å². The molecule has 10 heteroatoms. The number of sulfonamides is 1. The smallest absolute Gasteiger partial charge is 0.238 e. The molecule has 3 N–H and O–H groups in total. The van der Waals surface area contributed by atoms with Crippen LogP contribution >= 0.6 is 23.4 Å². The second kappa shape index (κ2) is 9.86. The van der Waals surface area contributed by atoms with E-state index in [0.717, 1.165) is 0 Å². The molecule has 3 aromatic carbocycles. The molecule has 0 fully saturated rings. The van der Waals surface area contributed by atoms with E-state index in [2.05, 4.69) is 5.32 Å². The van der Waals surface area contributed by atoms with Gasteiger partial charge in [-0.1, -0.05) is 29.4 Å². The van der Waals surface area contributed by atoms with Crippen LogP contribution in [0.5, 0.6) is 0 Å². The Balaban J connectivity index is 1.74. The first kappa shape index (κ1) is 23.3. The van der Waals surface area contributed by atoms with Crippen molar-refractivity contribution in [1.29, 1.82) is 10.5 Å². The molecule has 0 saturated carbocycles. The lowest BCUT2D eigenvalue weighted by Gasteiger charge is -2.09. The van der Waals surface area contributed by atoms with Crippen LogP contribution in [0.4, 0.5) is 5.69 Å². The van der Waals surface area contributed by atoms with Crippen LogP contribution in [0.3, 0.4) is 0 Å². The Hall–Kier alpha value is -3.34. The van der Waals surface area contributed by atoms with Gasteiger partial charge in [0.25, 0.3) is 0 Å². The molecule has 0 radical (unpaired) electrons. The number of nitrogens with zero attached hydrogens (tertiary/aromatic N) is 2. The maximum Gasteiger partial charge on any atom is 0.238 e. The highest BCUT2D eigenvalue weighted by Gasteiger charge is 2.11. The summed E-state index contributed by atoms with van der Waals surface area (Å²) >= 11 is 7.59. The maximum absolute atomic E-state index is 12.4. The van der Waals surface area contributed by atoms with Crippen molar-refractivity contribution >= 4 is 45.0 Å². The summed E-state index contributed by atoms with van der Waals surface area (Å²) in [6.45, 7) is 0. The Morgan fingerprint density at radius 2 is 1.62 bits per heavy atom. The van der Waals surface area contributed by atoms with Gasteiger partial charge < -0.3 is 5.32 Å². The van der Waals surface area contributed by atoms with E-state index in [0.29, 0.717) is 37.2 Å². The molecular formula is C22H15ClN4O3S2. The van der Waals surface area contributed by atoms with E-state index in [4.69, 9.17) is 27.3 Å². The molecule has 160 valence electrons. The Labute approximate surface area is 194 Å². The molecule has 0 heterocycles. The van der Waals surface area contributed by atoms with Gasteiger partial charge in [-0.05, 0) is 60.2 Å². The number of carbonyl (C=O) groups excluding carboxylic acids is 1. The van der Waals surface area contributed by atoms with Crippen LogP contribution in [0.2, 0.25) is 5.02 Å². The van der Waals surface area contributed by atoms with Gasteiger partial charge in [-0.2, -0.15) is 10.5 Å². The Morgan fingerprint density at radius 1 is 1.00 bits per heavy atom. The Bertz CT molecular complexity index is 1340. The van der Waals surface area contributed by atoms with E-state index in [1.807, 2.05) is 12.1 Å². The molecule has 0 spiro atoms.